The summed E-state index contributed by atoms with van der Waals surface area (Å²) < 4.78 is 5.79. The third-order valence-corrected chi connectivity index (χ3v) is 4.39. The Hall–Kier alpha value is -3.15. The highest BCUT2D eigenvalue weighted by atomic mass is 16.5. The average Bonchev–Trinajstić information content (AvgIpc) is 3.08. The first-order valence-electron chi connectivity index (χ1n) is 9.30. The van der Waals surface area contributed by atoms with Gasteiger partial charge in [0.1, 0.15) is 11.6 Å². The summed E-state index contributed by atoms with van der Waals surface area (Å²) in [7, 11) is 0. The number of rotatable bonds is 5. The zero-order valence-electron chi connectivity index (χ0n) is 16.9. The Bertz CT molecular complexity index is 955. The van der Waals surface area contributed by atoms with Gasteiger partial charge in [0.05, 0.1) is 0 Å². The van der Waals surface area contributed by atoms with Crippen LogP contribution in [0.15, 0.2) is 48.5 Å². The first-order chi connectivity index (χ1) is 13.2. The van der Waals surface area contributed by atoms with Crippen LogP contribution in [0.3, 0.4) is 0 Å². The summed E-state index contributed by atoms with van der Waals surface area (Å²) in [5.41, 5.74) is 2.79. The quantitative estimate of drug-likeness (QED) is 0.686. The van der Waals surface area contributed by atoms with Crippen molar-refractivity contribution in [2.45, 2.75) is 46.1 Å². The number of nitrogens with one attached hydrogen (secondary N) is 2. The molecule has 1 unspecified atom stereocenters. The van der Waals surface area contributed by atoms with Crippen molar-refractivity contribution >= 4 is 11.6 Å². The highest BCUT2D eigenvalue weighted by molar-refractivity contribution is 5.94. The lowest BCUT2D eigenvalue weighted by Gasteiger charge is -2.20. The molecule has 3 rings (SSSR count). The summed E-state index contributed by atoms with van der Waals surface area (Å²) in [5.74, 6) is 1.78. The second kappa shape index (κ2) is 7.84. The normalized spacial score (nSPS) is 12.5. The van der Waals surface area contributed by atoms with Gasteiger partial charge in [-0.1, -0.05) is 45.0 Å². The van der Waals surface area contributed by atoms with Crippen molar-refractivity contribution in [1.29, 1.82) is 0 Å². The fraction of sp³-hybridized carbons (Fsp3) is 0.318. The predicted molar refractivity (Wildman–Crippen MR) is 110 cm³/mol. The molecule has 1 atom stereocenters. The van der Waals surface area contributed by atoms with E-state index < -0.39 is 6.10 Å². The molecular weight excluding hydrogens is 352 g/mol. The van der Waals surface area contributed by atoms with Crippen molar-refractivity contribution in [1.82, 2.24) is 15.2 Å². The van der Waals surface area contributed by atoms with Gasteiger partial charge < -0.3 is 10.1 Å². The molecule has 146 valence electrons. The van der Waals surface area contributed by atoms with Crippen LogP contribution in [0, 0.1) is 6.92 Å². The molecule has 1 aromatic heterocycles. The van der Waals surface area contributed by atoms with Crippen molar-refractivity contribution in [3.8, 4) is 17.1 Å². The van der Waals surface area contributed by atoms with Gasteiger partial charge >= 0.3 is 0 Å². The van der Waals surface area contributed by atoms with Crippen LogP contribution in [0.4, 0.5) is 5.69 Å². The Morgan fingerprint density at radius 3 is 2.46 bits per heavy atom. The number of amides is 1. The molecule has 1 amide bonds. The van der Waals surface area contributed by atoms with Gasteiger partial charge in [-0.05, 0) is 49.1 Å². The largest absolute Gasteiger partial charge is 0.481 e. The number of hydrogen-bond donors (Lipinski definition) is 2. The zero-order chi connectivity index (χ0) is 20.3. The third kappa shape index (κ3) is 4.76. The molecule has 0 radical (unpaired) electrons. The molecule has 0 saturated heterocycles. The van der Waals surface area contributed by atoms with Crippen molar-refractivity contribution in [3.05, 3.63) is 59.9 Å². The topological polar surface area (TPSA) is 79.9 Å². The summed E-state index contributed by atoms with van der Waals surface area (Å²) in [5, 5.41) is 9.85. The van der Waals surface area contributed by atoms with Gasteiger partial charge in [0, 0.05) is 11.3 Å². The number of hydrogen-bond acceptors (Lipinski definition) is 4. The Morgan fingerprint density at radius 1 is 1.14 bits per heavy atom. The maximum atomic E-state index is 12.5. The lowest BCUT2D eigenvalue weighted by Crippen LogP contribution is -2.30. The number of aromatic nitrogens is 3. The highest BCUT2D eigenvalue weighted by Crippen LogP contribution is 2.25. The van der Waals surface area contributed by atoms with E-state index in [2.05, 4.69) is 41.3 Å². The van der Waals surface area contributed by atoms with Crippen LogP contribution >= 0.6 is 0 Å². The van der Waals surface area contributed by atoms with E-state index in [4.69, 9.17) is 4.74 Å². The summed E-state index contributed by atoms with van der Waals surface area (Å²) >= 11 is 0. The minimum Gasteiger partial charge on any atom is -0.481 e. The number of ether oxygens (including phenoxy) is 1. The van der Waals surface area contributed by atoms with Gasteiger partial charge in [0.15, 0.2) is 11.9 Å². The number of benzene rings is 2. The lowest BCUT2D eigenvalue weighted by atomic mass is 9.87. The van der Waals surface area contributed by atoms with E-state index in [-0.39, 0.29) is 11.3 Å². The van der Waals surface area contributed by atoms with Crippen LogP contribution < -0.4 is 10.1 Å². The van der Waals surface area contributed by atoms with Gasteiger partial charge in [0.2, 0.25) is 0 Å². The van der Waals surface area contributed by atoms with E-state index in [9.17, 15) is 4.79 Å². The lowest BCUT2D eigenvalue weighted by molar-refractivity contribution is -0.122. The van der Waals surface area contributed by atoms with E-state index >= 15 is 0 Å². The number of aromatic amines is 1. The van der Waals surface area contributed by atoms with Gasteiger partial charge in [0.25, 0.3) is 5.91 Å². The number of H-pyrrole nitrogens is 1. The minimum atomic E-state index is -0.630. The van der Waals surface area contributed by atoms with E-state index in [0.717, 1.165) is 11.4 Å². The molecule has 1 heterocycles. The van der Waals surface area contributed by atoms with E-state index in [1.807, 2.05) is 55.5 Å². The molecule has 2 aromatic carbocycles. The first-order valence-corrected chi connectivity index (χ1v) is 9.30. The highest BCUT2D eigenvalue weighted by Gasteiger charge is 2.17. The van der Waals surface area contributed by atoms with Crippen LogP contribution in [0.5, 0.6) is 5.75 Å². The predicted octanol–water partition coefficient (Wildman–Crippen LogP) is 4.48. The van der Waals surface area contributed by atoms with Crippen LogP contribution in [0.25, 0.3) is 11.4 Å². The molecule has 0 bridgehead atoms. The Balaban J connectivity index is 1.64. The number of nitrogens with zero attached hydrogens (tertiary/aromatic N) is 2. The van der Waals surface area contributed by atoms with Crippen molar-refractivity contribution in [2.24, 2.45) is 0 Å². The van der Waals surface area contributed by atoms with Gasteiger partial charge in [-0.15, -0.1) is 0 Å². The molecule has 6 nitrogen and oxygen atoms in total. The van der Waals surface area contributed by atoms with Gasteiger partial charge in [-0.2, -0.15) is 5.10 Å². The fourth-order valence-corrected chi connectivity index (χ4v) is 2.74. The summed E-state index contributed by atoms with van der Waals surface area (Å²) in [6.45, 7) is 10.1. The van der Waals surface area contributed by atoms with Gasteiger partial charge in [-0.3, -0.25) is 9.89 Å². The summed E-state index contributed by atoms with van der Waals surface area (Å²) in [6, 6.07) is 15.3. The fourth-order valence-electron chi connectivity index (χ4n) is 2.74. The average molecular weight is 378 g/mol. The van der Waals surface area contributed by atoms with Crippen molar-refractivity contribution < 1.29 is 9.53 Å². The van der Waals surface area contributed by atoms with Crippen molar-refractivity contribution in [2.75, 3.05) is 5.32 Å². The van der Waals surface area contributed by atoms with Crippen LogP contribution in [-0.4, -0.2) is 27.2 Å². The molecule has 28 heavy (non-hydrogen) atoms. The van der Waals surface area contributed by atoms with Crippen LogP contribution in [0.2, 0.25) is 0 Å². The third-order valence-electron chi connectivity index (χ3n) is 4.39. The number of aryl methyl sites for hydroxylation is 1. The molecule has 6 heteroatoms. The van der Waals surface area contributed by atoms with Crippen LogP contribution in [0.1, 0.15) is 39.1 Å². The van der Waals surface area contributed by atoms with E-state index in [0.29, 0.717) is 17.3 Å². The number of carbonyl (C=O) groups is 1. The molecule has 0 fully saturated rings. The summed E-state index contributed by atoms with van der Waals surface area (Å²) in [6.07, 6.45) is -0.630. The maximum Gasteiger partial charge on any atom is 0.265 e. The standard InChI is InChI=1S/C22H26N4O2/c1-14(28-19-11-9-17(10-12-19)22(3,4)5)21(27)24-18-8-6-7-16(13-18)20-23-15(2)25-26-20/h6-14H,1-5H3,(H,24,27)(H,23,25,26). The van der Waals surface area contributed by atoms with E-state index in [1.54, 1.807) is 6.92 Å². The second-order valence-corrected chi connectivity index (χ2v) is 7.85. The summed E-state index contributed by atoms with van der Waals surface area (Å²) in [4.78, 5) is 16.8. The van der Waals surface area contributed by atoms with E-state index in [1.165, 1.54) is 5.56 Å². The first kappa shape index (κ1) is 19.6. The molecule has 0 aliphatic heterocycles. The van der Waals surface area contributed by atoms with Gasteiger partial charge in [-0.25, -0.2) is 4.98 Å². The Labute approximate surface area is 165 Å². The number of anilines is 1. The van der Waals surface area contributed by atoms with Crippen molar-refractivity contribution in [3.63, 3.8) is 0 Å². The minimum absolute atomic E-state index is 0.0776. The molecular formula is C22H26N4O2. The smallest absolute Gasteiger partial charge is 0.265 e. The monoisotopic (exact) mass is 378 g/mol. The SMILES string of the molecule is Cc1nc(-c2cccc(NC(=O)C(C)Oc3ccc(C(C)(C)C)cc3)c2)n[nH]1. The number of carbonyl (C=O) groups excluding carboxylic acids is 1. The molecule has 2 N–H and O–H groups in total. The zero-order valence-corrected chi connectivity index (χ0v) is 16.9. The molecule has 3 aromatic rings. The Morgan fingerprint density at radius 2 is 1.86 bits per heavy atom. The molecule has 0 saturated carbocycles. The molecule has 0 aliphatic carbocycles. The molecule has 0 spiro atoms. The molecule has 0 aliphatic rings. The Kier molecular flexibility index (Phi) is 5.49. The van der Waals surface area contributed by atoms with Crippen LogP contribution in [-0.2, 0) is 10.2 Å². The second-order valence-electron chi connectivity index (χ2n) is 7.85. The maximum absolute atomic E-state index is 12.5.